The summed E-state index contributed by atoms with van der Waals surface area (Å²) in [5, 5.41) is 0.354. The lowest BCUT2D eigenvalue weighted by Crippen LogP contribution is -2.33. The second-order valence-electron chi connectivity index (χ2n) is 3.85. The third-order valence-corrected chi connectivity index (χ3v) is 2.72. The Kier molecular flexibility index (Phi) is 3.38. The van der Waals surface area contributed by atoms with Gasteiger partial charge in [0.2, 0.25) is 5.88 Å². The molecule has 2 atom stereocenters. The molecule has 0 aliphatic heterocycles. The van der Waals surface area contributed by atoms with Crippen LogP contribution in [0.3, 0.4) is 0 Å². The van der Waals surface area contributed by atoms with Gasteiger partial charge in [-0.3, -0.25) is 4.98 Å². The van der Waals surface area contributed by atoms with Gasteiger partial charge in [-0.05, 0) is 25.7 Å². The van der Waals surface area contributed by atoms with Crippen LogP contribution in [0.2, 0.25) is 5.15 Å². The summed E-state index contributed by atoms with van der Waals surface area (Å²) < 4.78 is 5.67. The van der Waals surface area contributed by atoms with Gasteiger partial charge in [-0.15, -0.1) is 0 Å². The van der Waals surface area contributed by atoms with Crippen molar-refractivity contribution in [3.63, 3.8) is 0 Å². The second-order valence-corrected chi connectivity index (χ2v) is 4.23. The molecule has 5 heteroatoms. The topological polar surface area (TPSA) is 61.0 Å². The van der Waals surface area contributed by atoms with E-state index in [1.807, 2.05) is 0 Å². The van der Waals surface area contributed by atoms with E-state index >= 15 is 0 Å². The van der Waals surface area contributed by atoms with Gasteiger partial charge < -0.3 is 10.5 Å². The Bertz CT molecular complexity index is 334. The van der Waals surface area contributed by atoms with E-state index in [1.54, 1.807) is 6.20 Å². The summed E-state index contributed by atoms with van der Waals surface area (Å²) >= 11 is 5.71. The van der Waals surface area contributed by atoms with Crippen molar-refractivity contribution in [3.05, 3.63) is 17.5 Å². The van der Waals surface area contributed by atoms with Gasteiger partial charge >= 0.3 is 0 Å². The Morgan fingerprint density at radius 1 is 1.40 bits per heavy atom. The van der Waals surface area contributed by atoms with Crippen molar-refractivity contribution in [2.45, 2.75) is 37.8 Å². The van der Waals surface area contributed by atoms with Crippen LogP contribution in [0.5, 0.6) is 5.88 Å². The zero-order valence-corrected chi connectivity index (χ0v) is 9.15. The first-order valence-electron chi connectivity index (χ1n) is 5.14. The first-order chi connectivity index (χ1) is 7.24. The molecule has 1 aromatic heterocycles. The lowest BCUT2D eigenvalue weighted by atomic mass is 9.94. The molecule has 4 nitrogen and oxygen atoms in total. The lowest BCUT2D eigenvalue weighted by molar-refractivity contribution is 0.138. The molecule has 1 heterocycles. The lowest BCUT2D eigenvalue weighted by Gasteiger charge is -2.26. The van der Waals surface area contributed by atoms with Crippen molar-refractivity contribution in [2.24, 2.45) is 5.73 Å². The van der Waals surface area contributed by atoms with E-state index in [-0.39, 0.29) is 12.1 Å². The number of hydrogen-bond donors (Lipinski definition) is 1. The maximum atomic E-state index is 5.87. The summed E-state index contributed by atoms with van der Waals surface area (Å²) in [7, 11) is 0. The van der Waals surface area contributed by atoms with E-state index in [0.717, 1.165) is 25.7 Å². The quantitative estimate of drug-likeness (QED) is 0.837. The Hall–Kier alpha value is -0.870. The number of nitrogens with two attached hydrogens (primary N) is 1. The smallest absolute Gasteiger partial charge is 0.234 e. The van der Waals surface area contributed by atoms with Crippen LogP contribution in [0, 0.1) is 0 Å². The minimum atomic E-state index is 0.154. The SMILES string of the molecule is NC1CCCC(Oc2cncc(Cl)n2)C1. The van der Waals surface area contributed by atoms with Crippen LogP contribution < -0.4 is 10.5 Å². The predicted molar refractivity (Wildman–Crippen MR) is 57.9 cm³/mol. The first kappa shape index (κ1) is 10.6. The highest BCUT2D eigenvalue weighted by Crippen LogP contribution is 2.21. The number of hydrogen-bond acceptors (Lipinski definition) is 4. The predicted octanol–water partition coefficient (Wildman–Crippen LogP) is 1.78. The molecular weight excluding hydrogens is 214 g/mol. The van der Waals surface area contributed by atoms with Crippen LogP contribution in [0.15, 0.2) is 12.4 Å². The van der Waals surface area contributed by atoms with Gasteiger partial charge in [0, 0.05) is 6.04 Å². The Morgan fingerprint density at radius 3 is 3.00 bits per heavy atom. The summed E-state index contributed by atoms with van der Waals surface area (Å²) in [5.41, 5.74) is 5.87. The third-order valence-electron chi connectivity index (χ3n) is 2.54. The largest absolute Gasteiger partial charge is 0.473 e. The van der Waals surface area contributed by atoms with Gasteiger partial charge in [-0.1, -0.05) is 11.6 Å². The van der Waals surface area contributed by atoms with Crippen LogP contribution in [-0.4, -0.2) is 22.1 Å². The molecule has 1 aliphatic carbocycles. The summed E-state index contributed by atoms with van der Waals surface area (Å²) in [6.45, 7) is 0. The number of ether oxygens (including phenoxy) is 1. The van der Waals surface area contributed by atoms with Crippen molar-refractivity contribution in [2.75, 3.05) is 0 Å². The maximum Gasteiger partial charge on any atom is 0.234 e. The Balaban J connectivity index is 1.96. The minimum Gasteiger partial charge on any atom is -0.473 e. The zero-order chi connectivity index (χ0) is 10.7. The van der Waals surface area contributed by atoms with Gasteiger partial charge in [0.1, 0.15) is 6.10 Å². The number of halogens is 1. The number of aromatic nitrogens is 2. The minimum absolute atomic E-state index is 0.154. The van der Waals surface area contributed by atoms with E-state index in [4.69, 9.17) is 22.1 Å². The molecule has 2 unspecified atom stereocenters. The molecule has 0 saturated heterocycles. The van der Waals surface area contributed by atoms with Gasteiger partial charge in [-0.2, -0.15) is 4.98 Å². The van der Waals surface area contributed by atoms with Crippen molar-refractivity contribution >= 4 is 11.6 Å². The van der Waals surface area contributed by atoms with Crippen molar-refractivity contribution < 1.29 is 4.74 Å². The van der Waals surface area contributed by atoms with Crippen LogP contribution in [0.4, 0.5) is 0 Å². The summed E-state index contributed by atoms with van der Waals surface area (Å²) in [6, 6.07) is 0.246. The Morgan fingerprint density at radius 2 is 2.27 bits per heavy atom. The molecule has 0 amide bonds. The molecule has 0 spiro atoms. The van der Waals surface area contributed by atoms with Gasteiger partial charge in [-0.25, -0.2) is 0 Å². The second kappa shape index (κ2) is 4.77. The normalized spacial score (nSPS) is 26.3. The molecule has 2 N–H and O–H groups in total. The van der Waals surface area contributed by atoms with Gasteiger partial charge in [0.05, 0.1) is 12.4 Å². The highest BCUT2D eigenvalue weighted by Gasteiger charge is 2.20. The first-order valence-corrected chi connectivity index (χ1v) is 5.51. The van der Waals surface area contributed by atoms with Crippen LogP contribution >= 0.6 is 11.6 Å². The fourth-order valence-electron chi connectivity index (χ4n) is 1.84. The molecule has 15 heavy (non-hydrogen) atoms. The van der Waals surface area contributed by atoms with Gasteiger partial charge in [0.15, 0.2) is 5.15 Å². The third kappa shape index (κ3) is 3.04. The van der Waals surface area contributed by atoms with Crippen molar-refractivity contribution in [3.8, 4) is 5.88 Å². The summed E-state index contributed by atoms with van der Waals surface area (Å²) in [5.74, 6) is 0.488. The fourth-order valence-corrected chi connectivity index (χ4v) is 1.98. The van der Waals surface area contributed by atoms with Gasteiger partial charge in [0.25, 0.3) is 0 Å². The van der Waals surface area contributed by atoms with E-state index in [0.29, 0.717) is 11.0 Å². The molecule has 1 saturated carbocycles. The molecule has 0 radical (unpaired) electrons. The molecule has 0 aromatic carbocycles. The van der Waals surface area contributed by atoms with E-state index in [2.05, 4.69) is 9.97 Å². The molecule has 2 rings (SSSR count). The van der Waals surface area contributed by atoms with Crippen molar-refractivity contribution in [1.29, 1.82) is 0 Å². The average molecular weight is 228 g/mol. The molecule has 1 fully saturated rings. The fraction of sp³-hybridized carbons (Fsp3) is 0.600. The van der Waals surface area contributed by atoms with Crippen molar-refractivity contribution in [1.82, 2.24) is 9.97 Å². The standard InChI is InChI=1S/C10H14ClN3O/c11-9-5-13-6-10(14-9)15-8-3-1-2-7(12)4-8/h5-8H,1-4,12H2. The summed E-state index contributed by atoms with van der Waals surface area (Å²) in [4.78, 5) is 7.95. The highest BCUT2D eigenvalue weighted by atomic mass is 35.5. The number of nitrogens with zero attached hydrogens (tertiary/aromatic N) is 2. The average Bonchev–Trinajstić information content (AvgIpc) is 2.17. The van der Waals surface area contributed by atoms with Crippen LogP contribution in [0.25, 0.3) is 0 Å². The molecule has 82 valence electrons. The van der Waals surface area contributed by atoms with Crippen LogP contribution in [0.1, 0.15) is 25.7 Å². The molecule has 1 aromatic rings. The van der Waals surface area contributed by atoms with E-state index in [9.17, 15) is 0 Å². The maximum absolute atomic E-state index is 5.87. The van der Waals surface area contributed by atoms with E-state index < -0.39 is 0 Å². The zero-order valence-electron chi connectivity index (χ0n) is 8.40. The highest BCUT2D eigenvalue weighted by molar-refractivity contribution is 6.29. The number of rotatable bonds is 2. The molecule has 1 aliphatic rings. The molecule has 0 bridgehead atoms. The monoisotopic (exact) mass is 227 g/mol. The van der Waals surface area contributed by atoms with E-state index in [1.165, 1.54) is 6.20 Å². The Labute approximate surface area is 93.8 Å². The summed E-state index contributed by atoms with van der Waals surface area (Å²) in [6.07, 6.45) is 7.32. The molecular formula is C10H14ClN3O. The van der Waals surface area contributed by atoms with Crippen LogP contribution in [-0.2, 0) is 0 Å².